The molecule has 1 N–H and O–H groups in total. The molecular formula is C20H26N4O. The molecule has 0 fully saturated rings. The normalized spacial score (nSPS) is 11.2. The summed E-state index contributed by atoms with van der Waals surface area (Å²) in [6, 6.07) is 11.2. The summed E-state index contributed by atoms with van der Waals surface area (Å²) in [7, 11) is 0. The van der Waals surface area contributed by atoms with Crippen molar-refractivity contribution in [1.82, 2.24) is 9.78 Å². The number of benzene rings is 1. The first-order valence-corrected chi connectivity index (χ1v) is 8.76. The van der Waals surface area contributed by atoms with E-state index >= 15 is 0 Å². The molecule has 2 rings (SSSR count). The number of nitriles is 1. The number of anilines is 1. The second-order valence-electron chi connectivity index (χ2n) is 7.24. The van der Waals surface area contributed by atoms with Crippen molar-refractivity contribution in [3.63, 3.8) is 0 Å². The van der Waals surface area contributed by atoms with Crippen molar-refractivity contribution < 1.29 is 4.79 Å². The van der Waals surface area contributed by atoms with Gasteiger partial charge in [0.1, 0.15) is 5.82 Å². The third-order valence-electron chi connectivity index (χ3n) is 3.99. The first-order valence-electron chi connectivity index (χ1n) is 8.76. The molecule has 1 amide bonds. The Bertz CT molecular complexity index is 760. The summed E-state index contributed by atoms with van der Waals surface area (Å²) in [6.07, 6.45) is 3.54. The minimum absolute atomic E-state index is 0.00343. The molecule has 0 unspecified atom stereocenters. The minimum Gasteiger partial charge on any atom is -0.311 e. The number of hydrogen-bond acceptors (Lipinski definition) is 3. The zero-order valence-electron chi connectivity index (χ0n) is 15.5. The Morgan fingerprint density at radius 2 is 1.92 bits per heavy atom. The molecule has 132 valence electrons. The van der Waals surface area contributed by atoms with Crippen LogP contribution in [0.5, 0.6) is 0 Å². The largest absolute Gasteiger partial charge is 0.311 e. The van der Waals surface area contributed by atoms with Crippen LogP contribution < -0.4 is 5.32 Å². The molecule has 0 aliphatic rings. The molecule has 1 heterocycles. The summed E-state index contributed by atoms with van der Waals surface area (Å²) in [5, 5.41) is 16.6. The van der Waals surface area contributed by atoms with Crippen LogP contribution in [-0.4, -0.2) is 15.7 Å². The molecule has 0 radical (unpaired) electrons. The molecule has 5 heteroatoms. The lowest BCUT2D eigenvalue weighted by atomic mass is 9.92. The Hall–Kier alpha value is -2.61. The van der Waals surface area contributed by atoms with Gasteiger partial charge in [-0.25, -0.2) is 4.68 Å². The number of nitrogens with zero attached hydrogens (tertiary/aromatic N) is 3. The average molecular weight is 338 g/mol. The lowest BCUT2D eigenvalue weighted by molar-refractivity contribution is -0.116. The van der Waals surface area contributed by atoms with Crippen LogP contribution in [0.1, 0.15) is 64.6 Å². The molecule has 0 aliphatic carbocycles. The second kappa shape index (κ2) is 7.98. The first kappa shape index (κ1) is 18.7. The lowest BCUT2D eigenvalue weighted by Gasteiger charge is -2.14. The highest BCUT2D eigenvalue weighted by molar-refractivity contribution is 5.90. The highest BCUT2D eigenvalue weighted by Crippen LogP contribution is 2.26. The zero-order chi connectivity index (χ0) is 18.4. The topological polar surface area (TPSA) is 70.7 Å². The molecule has 0 saturated heterocycles. The molecule has 0 bridgehead atoms. The van der Waals surface area contributed by atoms with Crippen LogP contribution in [-0.2, 0) is 10.2 Å². The Morgan fingerprint density at radius 1 is 1.24 bits per heavy atom. The summed E-state index contributed by atoms with van der Waals surface area (Å²) in [4.78, 5) is 12.2. The molecule has 0 spiro atoms. The van der Waals surface area contributed by atoms with Gasteiger partial charge in [0, 0.05) is 17.9 Å². The fourth-order valence-electron chi connectivity index (χ4n) is 2.45. The summed E-state index contributed by atoms with van der Waals surface area (Å²) in [5.74, 6) is 0.667. The van der Waals surface area contributed by atoms with E-state index in [-0.39, 0.29) is 11.3 Å². The number of aromatic nitrogens is 2. The van der Waals surface area contributed by atoms with Crippen LogP contribution in [0.25, 0.3) is 5.69 Å². The number of rotatable bonds is 6. The number of carbonyl (C=O) groups is 1. The minimum atomic E-state index is -0.125. The Morgan fingerprint density at radius 3 is 2.48 bits per heavy atom. The molecule has 2 aromatic rings. The number of hydrogen-bond donors (Lipinski definition) is 1. The van der Waals surface area contributed by atoms with Crippen molar-refractivity contribution in [1.29, 1.82) is 5.26 Å². The van der Waals surface area contributed by atoms with Gasteiger partial charge in [0.05, 0.1) is 23.0 Å². The summed E-state index contributed by atoms with van der Waals surface area (Å²) < 4.78 is 1.74. The SMILES string of the molecule is CCCCCC(=O)Nc1cc(C(C)(C)C)nn1-c1ccc(C#N)cc1. The molecule has 0 atom stereocenters. The quantitative estimate of drug-likeness (QED) is 0.785. The van der Waals surface area contributed by atoms with Gasteiger partial charge in [-0.3, -0.25) is 4.79 Å². The van der Waals surface area contributed by atoms with Crippen molar-refractivity contribution >= 4 is 11.7 Å². The summed E-state index contributed by atoms with van der Waals surface area (Å²) >= 11 is 0. The second-order valence-corrected chi connectivity index (χ2v) is 7.24. The van der Waals surface area contributed by atoms with E-state index in [4.69, 9.17) is 5.26 Å². The van der Waals surface area contributed by atoms with Crippen LogP contribution in [0.4, 0.5) is 5.82 Å². The van der Waals surface area contributed by atoms with Gasteiger partial charge in [0.2, 0.25) is 5.91 Å². The third-order valence-corrected chi connectivity index (χ3v) is 3.99. The van der Waals surface area contributed by atoms with Crippen LogP contribution >= 0.6 is 0 Å². The van der Waals surface area contributed by atoms with E-state index < -0.39 is 0 Å². The number of unbranched alkanes of at least 4 members (excludes halogenated alkanes) is 2. The van der Waals surface area contributed by atoms with Gasteiger partial charge in [0.25, 0.3) is 0 Å². The maximum Gasteiger partial charge on any atom is 0.225 e. The van der Waals surface area contributed by atoms with Crippen LogP contribution in [0.2, 0.25) is 0 Å². The maximum atomic E-state index is 12.2. The summed E-state index contributed by atoms with van der Waals surface area (Å²) in [6.45, 7) is 8.38. The fraction of sp³-hybridized carbons (Fsp3) is 0.450. The molecule has 0 saturated carbocycles. The first-order chi connectivity index (χ1) is 11.8. The van der Waals surface area contributed by atoms with Gasteiger partial charge in [-0.1, -0.05) is 40.5 Å². The molecule has 0 aliphatic heterocycles. The molecule has 25 heavy (non-hydrogen) atoms. The van der Waals surface area contributed by atoms with Crippen LogP contribution in [0.3, 0.4) is 0 Å². The highest BCUT2D eigenvalue weighted by atomic mass is 16.1. The third kappa shape index (κ3) is 4.93. The number of amides is 1. The van der Waals surface area contributed by atoms with E-state index in [1.807, 2.05) is 18.2 Å². The Labute approximate surface area is 149 Å². The van der Waals surface area contributed by atoms with Gasteiger partial charge >= 0.3 is 0 Å². The predicted molar refractivity (Wildman–Crippen MR) is 99.8 cm³/mol. The fourth-order valence-corrected chi connectivity index (χ4v) is 2.45. The molecular weight excluding hydrogens is 312 g/mol. The lowest BCUT2D eigenvalue weighted by Crippen LogP contribution is -2.14. The molecule has 1 aromatic heterocycles. The van der Waals surface area contributed by atoms with Gasteiger partial charge in [-0.05, 0) is 30.7 Å². The van der Waals surface area contributed by atoms with E-state index in [0.717, 1.165) is 30.6 Å². The van der Waals surface area contributed by atoms with Crippen molar-refractivity contribution in [2.75, 3.05) is 5.32 Å². The van der Waals surface area contributed by atoms with E-state index in [1.54, 1.807) is 16.8 Å². The monoisotopic (exact) mass is 338 g/mol. The van der Waals surface area contributed by atoms with Gasteiger partial charge in [0.15, 0.2) is 0 Å². The van der Waals surface area contributed by atoms with Crippen molar-refractivity contribution in [2.45, 2.75) is 58.8 Å². The van der Waals surface area contributed by atoms with E-state index in [0.29, 0.717) is 17.8 Å². The van der Waals surface area contributed by atoms with Crippen molar-refractivity contribution in [2.24, 2.45) is 0 Å². The van der Waals surface area contributed by atoms with Crippen LogP contribution in [0.15, 0.2) is 30.3 Å². The van der Waals surface area contributed by atoms with Crippen molar-refractivity contribution in [3.05, 3.63) is 41.6 Å². The molecule has 5 nitrogen and oxygen atoms in total. The number of carbonyl (C=O) groups excluding carboxylic acids is 1. The smallest absolute Gasteiger partial charge is 0.225 e. The van der Waals surface area contributed by atoms with Gasteiger partial charge in [-0.2, -0.15) is 10.4 Å². The number of nitrogens with one attached hydrogen (secondary N) is 1. The predicted octanol–water partition coefficient (Wildman–Crippen LogP) is 4.56. The maximum absolute atomic E-state index is 12.2. The molecule has 1 aromatic carbocycles. The van der Waals surface area contributed by atoms with Crippen LogP contribution in [0, 0.1) is 11.3 Å². The van der Waals surface area contributed by atoms with Gasteiger partial charge in [-0.15, -0.1) is 0 Å². The van der Waals surface area contributed by atoms with E-state index in [2.05, 4.69) is 44.2 Å². The highest BCUT2D eigenvalue weighted by Gasteiger charge is 2.21. The summed E-state index contributed by atoms with van der Waals surface area (Å²) in [5.41, 5.74) is 2.19. The Balaban J connectivity index is 2.31. The van der Waals surface area contributed by atoms with Crippen molar-refractivity contribution in [3.8, 4) is 11.8 Å². The average Bonchev–Trinajstić information content (AvgIpc) is 2.99. The standard InChI is InChI=1S/C20H26N4O/c1-5-6-7-8-19(25)22-18-13-17(20(2,3)4)23-24(18)16-11-9-15(14-21)10-12-16/h9-13H,5-8H2,1-4H3,(H,22,25). The van der Waals surface area contributed by atoms with E-state index in [9.17, 15) is 4.79 Å². The zero-order valence-corrected chi connectivity index (χ0v) is 15.5. The van der Waals surface area contributed by atoms with Gasteiger partial charge < -0.3 is 5.32 Å². The Kier molecular flexibility index (Phi) is 5.97. The van der Waals surface area contributed by atoms with E-state index in [1.165, 1.54) is 0 Å².